The van der Waals surface area contributed by atoms with Gasteiger partial charge in [-0.25, -0.2) is 4.89 Å². The van der Waals surface area contributed by atoms with E-state index in [4.69, 9.17) is 0 Å². The lowest BCUT2D eigenvalue weighted by Gasteiger charge is -2.02. The van der Waals surface area contributed by atoms with Crippen molar-refractivity contribution < 1.29 is 19.3 Å². The van der Waals surface area contributed by atoms with Crippen LogP contribution in [0.2, 0.25) is 0 Å². The van der Waals surface area contributed by atoms with E-state index in [9.17, 15) is 4.79 Å². The molecule has 0 spiro atoms. The van der Waals surface area contributed by atoms with Gasteiger partial charge in [0, 0.05) is 0 Å². The Kier molecular flexibility index (Phi) is 3.14. The third kappa shape index (κ3) is 3.02. The highest BCUT2D eigenvalue weighted by Crippen LogP contribution is 2.11. The summed E-state index contributed by atoms with van der Waals surface area (Å²) in [6.07, 6.45) is -0.874. The minimum Gasteiger partial charge on any atom is -0.435 e. The summed E-state index contributed by atoms with van der Waals surface area (Å²) in [6.45, 7) is 1.95. The van der Waals surface area contributed by atoms with E-state index in [0.717, 1.165) is 5.56 Å². The highest BCUT2D eigenvalue weighted by molar-refractivity contribution is 5.58. The molecule has 13 heavy (non-hydrogen) atoms. The highest BCUT2D eigenvalue weighted by Gasteiger charge is 2.02. The number of rotatable bonds is 2. The van der Waals surface area contributed by atoms with Gasteiger partial charge in [-0.1, -0.05) is 17.7 Å². The van der Waals surface area contributed by atoms with Crippen molar-refractivity contribution in [2.24, 2.45) is 0 Å². The lowest BCUT2D eigenvalue weighted by atomic mass is 10.2. The van der Waals surface area contributed by atoms with Gasteiger partial charge in [-0.15, -0.1) is 0 Å². The Morgan fingerprint density at radius 3 is 2.38 bits per heavy atom. The van der Waals surface area contributed by atoms with Crippen LogP contribution in [0.1, 0.15) is 5.56 Å². The van der Waals surface area contributed by atoms with Gasteiger partial charge in [0.2, 0.25) is 0 Å². The molecule has 0 fully saturated rings. The van der Waals surface area contributed by atoms with E-state index in [1.165, 1.54) is 7.11 Å². The van der Waals surface area contributed by atoms with E-state index in [-0.39, 0.29) is 0 Å². The fourth-order valence-electron chi connectivity index (χ4n) is 0.710. The number of carbonyl (C=O) groups is 1. The minimum atomic E-state index is -0.874. The maximum atomic E-state index is 10.5. The van der Waals surface area contributed by atoms with Crippen LogP contribution in [-0.2, 0) is 9.62 Å². The Bertz CT molecular complexity index is 278. The molecule has 0 radical (unpaired) electrons. The van der Waals surface area contributed by atoms with Crippen LogP contribution < -0.4 is 4.89 Å². The maximum absolute atomic E-state index is 10.5. The largest absolute Gasteiger partial charge is 0.549 e. The number of hydrogen-bond acceptors (Lipinski definition) is 4. The first kappa shape index (κ1) is 9.38. The minimum absolute atomic E-state index is 0.455. The van der Waals surface area contributed by atoms with Crippen molar-refractivity contribution in [3.8, 4) is 5.75 Å². The molecule has 0 atom stereocenters. The zero-order chi connectivity index (χ0) is 9.68. The van der Waals surface area contributed by atoms with E-state index in [1.807, 2.05) is 19.1 Å². The number of aryl methyl sites for hydroxylation is 1. The summed E-state index contributed by atoms with van der Waals surface area (Å²) in [7, 11) is 1.21. The van der Waals surface area contributed by atoms with Crippen LogP contribution in [0.15, 0.2) is 24.3 Å². The maximum Gasteiger partial charge on any atom is 0.549 e. The summed E-state index contributed by atoms with van der Waals surface area (Å²) in [5.41, 5.74) is 1.10. The molecule has 0 aromatic heterocycles. The first-order chi connectivity index (χ1) is 6.22. The average Bonchev–Trinajstić information content (AvgIpc) is 2.16. The zero-order valence-electron chi connectivity index (χ0n) is 7.44. The number of hydrogen-bond donors (Lipinski definition) is 0. The van der Waals surface area contributed by atoms with Gasteiger partial charge >= 0.3 is 6.16 Å². The molecule has 70 valence electrons. The molecule has 0 aliphatic carbocycles. The standard InChI is InChI=1S/C9H10O4/c1-7-3-5-8(6-4-7)12-13-9(10)11-2/h3-6H,1-2H3. The molecule has 0 aliphatic heterocycles. The molecule has 1 aromatic rings. The van der Waals surface area contributed by atoms with Crippen LogP contribution in [-0.4, -0.2) is 13.3 Å². The van der Waals surface area contributed by atoms with E-state index in [1.54, 1.807) is 12.1 Å². The van der Waals surface area contributed by atoms with Crippen molar-refractivity contribution in [1.29, 1.82) is 0 Å². The summed E-state index contributed by atoms with van der Waals surface area (Å²) >= 11 is 0. The van der Waals surface area contributed by atoms with Gasteiger partial charge in [0.25, 0.3) is 0 Å². The van der Waals surface area contributed by atoms with Gasteiger partial charge in [0.05, 0.1) is 7.11 Å². The molecule has 0 heterocycles. The molecular weight excluding hydrogens is 172 g/mol. The first-order valence-corrected chi connectivity index (χ1v) is 3.71. The van der Waals surface area contributed by atoms with Crippen molar-refractivity contribution in [3.05, 3.63) is 29.8 Å². The second kappa shape index (κ2) is 4.35. The third-order valence-electron chi connectivity index (χ3n) is 1.39. The molecule has 0 N–H and O–H groups in total. The van der Waals surface area contributed by atoms with Gasteiger partial charge in [-0.05, 0) is 19.1 Å². The molecule has 0 amide bonds. The van der Waals surface area contributed by atoms with Crippen molar-refractivity contribution >= 4 is 6.16 Å². The predicted molar refractivity (Wildman–Crippen MR) is 45.3 cm³/mol. The van der Waals surface area contributed by atoms with Gasteiger partial charge in [0.1, 0.15) is 0 Å². The van der Waals surface area contributed by atoms with Crippen molar-refractivity contribution in [3.63, 3.8) is 0 Å². The summed E-state index contributed by atoms with van der Waals surface area (Å²) < 4.78 is 4.21. The second-order valence-electron chi connectivity index (χ2n) is 2.43. The van der Waals surface area contributed by atoms with E-state index < -0.39 is 6.16 Å². The normalized spacial score (nSPS) is 9.08. The molecule has 0 unspecified atom stereocenters. The lowest BCUT2D eigenvalue weighted by Crippen LogP contribution is -2.07. The summed E-state index contributed by atoms with van der Waals surface area (Å²) in [6, 6.07) is 7.07. The number of ether oxygens (including phenoxy) is 1. The van der Waals surface area contributed by atoms with Crippen molar-refractivity contribution in [2.45, 2.75) is 6.92 Å². The molecule has 1 rings (SSSR count). The summed E-state index contributed by atoms with van der Waals surface area (Å²) in [4.78, 5) is 19.4. The monoisotopic (exact) mass is 182 g/mol. The van der Waals surface area contributed by atoms with E-state index in [0.29, 0.717) is 5.75 Å². The fourth-order valence-corrected chi connectivity index (χ4v) is 0.710. The molecule has 0 bridgehead atoms. The number of benzene rings is 1. The third-order valence-corrected chi connectivity index (χ3v) is 1.39. The quantitative estimate of drug-likeness (QED) is 0.399. The van der Waals surface area contributed by atoms with Crippen LogP contribution in [0.4, 0.5) is 4.79 Å². The summed E-state index contributed by atoms with van der Waals surface area (Å²) in [5, 5.41) is 0. The second-order valence-corrected chi connectivity index (χ2v) is 2.43. The van der Waals surface area contributed by atoms with E-state index in [2.05, 4.69) is 14.5 Å². The molecule has 0 aliphatic rings. The van der Waals surface area contributed by atoms with Gasteiger partial charge < -0.3 is 4.74 Å². The Morgan fingerprint density at radius 1 is 1.23 bits per heavy atom. The zero-order valence-corrected chi connectivity index (χ0v) is 7.44. The Morgan fingerprint density at radius 2 is 1.85 bits per heavy atom. The summed E-state index contributed by atoms with van der Waals surface area (Å²) in [5.74, 6) is 0.455. The topological polar surface area (TPSA) is 44.8 Å². The molecule has 0 saturated carbocycles. The van der Waals surface area contributed by atoms with Crippen LogP contribution in [0.3, 0.4) is 0 Å². The number of methoxy groups -OCH3 is 1. The molecule has 1 aromatic carbocycles. The van der Waals surface area contributed by atoms with E-state index >= 15 is 0 Å². The smallest absolute Gasteiger partial charge is 0.435 e. The predicted octanol–water partition coefficient (Wildman–Crippen LogP) is 2.07. The average molecular weight is 182 g/mol. The van der Waals surface area contributed by atoms with Crippen LogP contribution >= 0.6 is 0 Å². The van der Waals surface area contributed by atoms with Gasteiger partial charge in [0.15, 0.2) is 5.75 Å². The highest BCUT2D eigenvalue weighted by atomic mass is 17.2. The number of carbonyl (C=O) groups excluding carboxylic acids is 1. The Hall–Kier alpha value is -1.71. The molecular formula is C9H10O4. The lowest BCUT2D eigenvalue weighted by molar-refractivity contribution is -0.164. The Labute approximate surface area is 76.0 Å². The molecule has 4 heteroatoms. The first-order valence-electron chi connectivity index (χ1n) is 3.71. The Balaban J connectivity index is 2.46. The molecule has 4 nitrogen and oxygen atoms in total. The SMILES string of the molecule is COC(=O)OOc1ccc(C)cc1. The van der Waals surface area contributed by atoms with Crippen LogP contribution in [0.5, 0.6) is 5.75 Å². The molecule has 0 saturated heterocycles. The van der Waals surface area contributed by atoms with Crippen LogP contribution in [0.25, 0.3) is 0 Å². The van der Waals surface area contributed by atoms with Crippen LogP contribution in [0, 0.1) is 6.92 Å². The van der Waals surface area contributed by atoms with Gasteiger partial charge in [-0.3, -0.25) is 4.89 Å². The van der Waals surface area contributed by atoms with Gasteiger partial charge in [-0.2, -0.15) is 4.79 Å². The van der Waals surface area contributed by atoms with Crippen molar-refractivity contribution in [2.75, 3.05) is 7.11 Å². The van der Waals surface area contributed by atoms with Crippen molar-refractivity contribution in [1.82, 2.24) is 0 Å². The fraction of sp³-hybridized carbons (Fsp3) is 0.222.